The van der Waals surface area contributed by atoms with E-state index in [4.69, 9.17) is 10.00 Å². The number of nitriles is 1. The SMILES string of the molecule is COc1cccnc1-c1cncnc1C#N. The summed E-state index contributed by atoms with van der Waals surface area (Å²) in [6.45, 7) is 0. The molecule has 5 heteroatoms. The van der Waals surface area contributed by atoms with Gasteiger partial charge in [0, 0.05) is 12.4 Å². The van der Waals surface area contributed by atoms with Gasteiger partial charge in [0.25, 0.3) is 0 Å². The second-order valence-corrected chi connectivity index (χ2v) is 2.95. The molecule has 0 aliphatic heterocycles. The summed E-state index contributed by atoms with van der Waals surface area (Å²) in [4.78, 5) is 11.9. The van der Waals surface area contributed by atoms with E-state index >= 15 is 0 Å². The fourth-order valence-electron chi connectivity index (χ4n) is 1.35. The van der Waals surface area contributed by atoms with Crippen LogP contribution in [0.3, 0.4) is 0 Å². The maximum absolute atomic E-state index is 8.93. The van der Waals surface area contributed by atoms with Gasteiger partial charge in [0.15, 0.2) is 5.69 Å². The molecule has 2 aromatic heterocycles. The molecule has 2 aromatic rings. The Morgan fingerprint density at radius 3 is 3.00 bits per heavy atom. The van der Waals surface area contributed by atoms with Crippen LogP contribution in [0.4, 0.5) is 0 Å². The van der Waals surface area contributed by atoms with Crippen LogP contribution in [0.15, 0.2) is 30.9 Å². The summed E-state index contributed by atoms with van der Waals surface area (Å²) in [5, 5.41) is 8.93. The molecular formula is C11H8N4O. The van der Waals surface area contributed by atoms with Crippen LogP contribution in [0.5, 0.6) is 5.75 Å². The van der Waals surface area contributed by atoms with E-state index in [0.29, 0.717) is 17.0 Å². The van der Waals surface area contributed by atoms with E-state index < -0.39 is 0 Å². The van der Waals surface area contributed by atoms with Crippen LogP contribution >= 0.6 is 0 Å². The zero-order valence-corrected chi connectivity index (χ0v) is 8.58. The molecule has 0 atom stereocenters. The van der Waals surface area contributed by atoms with Crippen LogP contribution in [-0.4, -0.2) is 22.1 Å². The van der Waals surface area contributed by atoms with E-state index in [1.807, 2.05) is 6.07 Å². The fraction of sp³-hybridized carbons (Fsp3) is 0.0909. The lowest BCUT2D eigenvalue weighted by atomic mass is 10.1. The van der Waals surface area contributed by atoms with E-state index in [1.54, 1.807) is 31.6 Å². The number of pyridine rings is 1. The van der Waals surface area contributed by atoms with E-state index in [-0.39, 0.29) is 5.69 Å². The highest BCUT2D eigenvalue weighted by Crippen LogP contribution is 2.27. The zero-order chi connectivity index (χ0) is 11.4. The van der Waals surface area contributed by atoms with Crippen molar-refractivity contribution in [1.82, 2.24) is 15.0 Å². The second kappa shape index (κ2) is 4.36. The van der Waals surface area contributed by atoms with Gasteiger partial charge in [0.05, 0.1) is 12.7 Å². The Morgan fingerprint density at radius 1 is 1.38 bits per heavy atom. The Kier molecular flexibility index (Phi) is 2.74. The van der Waals surface area contributed by atoms with Crippen molar-refractivity contribution in [2.45, 2.75) is 0 Å². The van der Waals surface area contributed by atoms with Crippen molar-refractivity contribution < 1.29 is 4.74 Å². The number of methoxy groups -OCH3 is 1. The highest BCUT2D eigenvalue weighted by molar-refractivity contribution is 5.69. The standard InChI is InChI=1S/C11H8N4O/c1-16-10-3-2-4-14-11(10)8-6-13-7-15-9(8)5-12/h2-4,6-7H,1H3. The Bertz CT molecular complexity index is 548. The van der Waals surface area contributed by atoms with Crippen molar-refractivity contribution in [3.63, 3.8) is 0 Å². The van der Waals surface area contributed by atoms with Crippen LogP contribution < -0.4 is 4.74 Å². The van der Waals surface area contributed by atoms with Crippen molar-refractivity contribution in [1.29, 1.82) is 5.26 Å². The molecule has 0 N–H and O–H groups in total. The number of nitrogens with zero attached hydrogens (tertiary/aromatic N) is 4. The first kappa shape index (κ1) is 10.1. The molecule has 0 saturated heterocycles. The molecule has 2 rings (SSSR count). The van der Waals surface area contributed by atoms with Gasteiger partial charge in [-0.25, -0.2) is 9.97 Å². The van der Waals surface area contributed by atoms with Crippen molar-refractivity contribution >= 4 is 0 Å². The lowest BCUT2D eigenvalue weighted by Gasteiger charge is -2.06. The largest absolute Gasteiger partial charge is 0.494 e. The first-order chi connectivity index (χ1) is 7.86. The van der Waals surface area contributed by atoms with Crippen LogP contribution in [0.25, 0.3) is 11.3 Å². The molecule has 0 aliphatic rings. The van der Waals surface area contributed by atoms with Gasteiger partial charge in [-0.15, -0.1) is 0 Å². The van der Waals surface area contributed by atoms with Crippen LogP contribution in [0.1, 0.15) is 5.69 Å². The molecule has 0 fully saturated rings. The highest BCUT2D eigenvalue weighted by atomic mass is 16.5. The third-order valence-electron chi connectivity index (χ3n) is 2.06. The minimum atomic E-state index is 0.284. The molecule has 0 spiro atoms. The summed E-state index contributed by atoms with van der Waals surface area (Å²) < 4.78 is 5.17. The molecule has 0 aromatic carbocycles. The van der Waals surface area contributed by atoms with Gasteiger partial charge in [-0.1, -0.05) is 0 Å². The molecule has 78 valence electrons. The average Bonchev–Trinajstić information content (AvgIpc) is 2.38. The summed E-state index contributed by atoms with van der Waals surface area (Å²) in [5.41, 5.74) is 1.43. The lowest BCUT2D eigenvalue weighted by Crippen LogP contribution is -1.95. The number of aromatic nitrogens is 3. The van der Waals surface area contributed by atoms with Crippen molar-refractivity contribution in [3.8, 4) is 23.1 Å². The number of hydrogen-bond donors (Lipinski definition) is 0. The van der Waals surface area contributed by atoms with E-state index in [2.05, 4.69) is 15.0 Å². The van der Waals surface area contributed by atoms with Gasteiger partial charge >= 0.3 is 0 Å². The predicted molar refractivity (Wildman–Crippen MR) is 56.5 cm³/mol. The second-order valence-electron chi connectivity index (χ2n) is 2.95. The summed E-state index contributed by atoms with van der Waals surface area (Å²) >= 11 is 0. The minimum absolute atomic E-state index is 0.284. The number of ether oxygens (including phenoxy) is 1. The number of hydrogen-bond acceptors (Lipinski definition) is 5. The van der Waals surface area contributed by atoms with Crippen LogP contribution in [0, 0.1) is 11.3 Å². The van der Waals surface area contributed by atoms with Gasteiger partial charge in [-0.2, -0.15) is 5.26 Å². The molecule has 0 amide bonds. The van der Waals surface area contributed by atoms with Gasteiger partial charge in [0.1, 0.15) is 23.8 Å². The lowest BCUT2D eigenvalue weighted by molar-refractivity contribution is 0.415. The summed E-state index contributed by atoms with van der Waals surface area (Å²) in [6, 6.07) is 5.54. The van der Waals surface area contributed by atoms with Crippen LogP contribution in [-0.2, 0) is 0 Å². The smallest absolute Gasteiger partial charge is 0.153 e. The topological polar surface area (TPSA) is 71.7 Å². The molecule has 0 unspecified atom stereocenters. The van der Waals surface area contributed by atoms with Gasteiger partial charge < -0.3 is 4.74 Å². The average molecular weight is 212 g/mol. The maximum atomic E-state index is 8.93. The molecule has 0 saturated carbocycles. The summed E-state index contributed by atoms with van der Waals surface area (Å²) in [7, 11) is 1.55. The maximum Gasteiger partial charge on any atom is 0.153 e. The highest BCUT2D eigenvalue weighted by Gasteiger charge is 2.12. The van der Waals surface area contributed by atoms with Crippen molar-refractivity contribution in [3.05, 3.63) is 36.5 Å². The van der Waals surface area contributed by atoms with Gasteiger partial charge in [-0.3, -0.25) is 4.98 Å². The molecule has 2 heterocycles. The predicted octanol–water partition coefficient (Wildman–Crippen LogP) is 1.42. The summed E-state index contributed by atoms with van der Waals surface area (Å²) in [5.74, 6) is 0.591. The Labute approximate surface area is 92.4 Å². The van der Waals surface area contributed by atoms with Gasteiger partial charge in [0.2, 0.25) is 0 Å². The van der Waals surface area contributed by atoms with E-state index in [9.17, 15) is 0 Å². The minimum Gasteiger partial charge on any atom is -0.494 e. The molecule has 0 radical (unpaired) electrons. The Hall–Kier alpha value is -2.48. The quantitative estimate of drug-likeness (QED) is 0.752. The first-order valence-corrected chi connectivity index (χ1v) is 4.56. The normalized spacial score (nSPS) is 9.50. The van der Waals surface area contributed by atoms with E-state index in [0.717, 1.165) is 0 Å². The first-order valence-electron chi connectivity index (χ1n) is 4.56. The molecule has 16 heavy (non-hydrogen) atoms. The van der Waals surface area contributed by atoms with E-state index in [1.165, 1.54) is 6.33 Å². The monoisotopic (exact) mass is 212 g/mol. The zero-order valence-electron chi connectivity index (χ0n) is 8.58. The Morgan fingerprint density at radius 2 is 2.25 bits per heavy atom. The number of rotatable bonds is 2. The Balaban J connectivity index is 2.64. The summed E-state index contributed by atoms with van der Waals surface area (Å²) in [6.07, 6.45) is 4.51. The fourth-order valence-corrected chi connectivity index (χ4v) is 1.35. The molecule has 5 nitrogen and oxygen atoms in total. The van der Waals surface area contributed by atoms with Crippen molar-refractivity contribution in [2.75, 3.05) is 7.11 Å². The van der Waals surface area contributed by atoms with Crippen LogP contribution in [0.2, 0.25) is 0 Å². The van der Waals surface area contributed by atoms with Gasteiger partial charge in [-0.05, 0) is 12.1 Å². The molecular weight excluding hydrogens is 204 g/mol. The molecule has 0 bridgehead atoms. The van der Waals surface area contributed by atoms with Crippen molar-refractivity contribution in [2.24, 2.45) is 0 Å². The molecule has 0 aliphatic carbocycles. The third-order valence-corrected chi connectivity index (χ3v) is 2.06. The third kappa shape index (κ3) is 1.68.